The summed E-state index contributed by atoms with van der Waals surface area (Å²) in [5.41, 5.74) is 4.64. The molecule has 1 N–H and O–H groups in total. The van der Waals surface area contributed by atoms with E-state index >= 15 is 0 Å². The van der Waals surface area contributed by atoms with Crippen molar-refractivity contribution in [3.63, 3.8) is 0 Å². The predicted molar refractivity (Wildman–Crippen MR) is 126 cm³/mol. The number of anilines is 1. The number of nitro benzene ring substituents is 1. The van der Waals surface area contributed by atoms with Crippen molar-refractivity contribution in [1.82, 2.24) is 5.32 Å². The maximum absolute atomic E-state index is 13.3. The maximum Gasteiger partial charge on any atom is 0.271 e. The molecule has 2 rings (SSSR count). The molecule has 0 saturated heterocycles. The zero-order valence-corrected chi connectivity index (χ0v) is 20.4. The molecule has 0 aliphatic carbocycles. The molecule has 32 heavy (non-hydrogen) atoms. The number of aryl methyl sites for hydroxylation is 4. The third kappa shape index (κ3) is 5.45. The average molecular weight is 462 g/mol. The van der Waals surface area contributed by atoms with Gasteiger partial charge in [0.15, 0.2) is 0 Å². The summed E-state index contributed by atoms with van der Waals surface area (Å²) in [6, 6.07) is 6.67. The fourth-order valence-electron chi connectivity index (χ4n) is 3.82. The molecular weight excluding hydrogens is 430 g/mol. The topological polar surface area (TPSA) is 110 Å². The minimum Gasteiger partial charge on any atom is -0.348 e. The molecule has 0 saturated carbocycles. The summed E-state index contributed by atoms with van der Waals surface area (Å²) in [5.74, 6) is -0.464. The SMILES string of the molecule is CC[C@H](C(=O)N[C@H](C)c1cc(C)c(C)cc1C)N(c1cc([N+](=O)[O-])ccc1C)S(C)(=O)=O. The first-order chi connectivity index (χ1) is 14.8. The van der Waals surface area contributed by atoms with Crippen LogP contribution in [-0.4, -0.2) is 31.5 Å². The normalized spacial score (nSPS) is 13.3. The van der Waals surface area contributed by atoms with Gasteiger partial charge < -0.3 is 5.32 Å². The van der Waals surface area contributed by atoms with Crippen molar-refractivity contribution >= 4 is 27.3 Å². The van der Waals surface area contributed by atoms with E-state index in [1.807, 2.05) is 33.8 Å². The molecule has 0 heterocycles. The fraction of sp³-hybridized carbons (Fsp3) is 0.435. The minimum atomic E-state index is -3.91. The fourth-order valence-corrected chi connectivity index (χ4v) is 5.08. The van der Waals surface area contributed by atoms with Crippen molar-refractivity contribution in [2.45, 2.75) is 60.0 Å². The van der Waals surface area contributed by atoms with E-state index in [9.17, 15) is 23.3 Å². The van der Waals surface area contributed by atoms with Crippen LogP contribution >= 0.6 is 0 Å². The van der Waals surface area contributed by atoms with Crippen LogP contribution in [0.3, 0.4) is 0 Å². The molecule has 2 aromatic rings. The first kappa shape index (κ1) is 25.3. The van der Waals surface area contributed by atoms with Crippen LogP contribution in [0.1, 0.15) is 54.1 Å². The Morgan fingerprint density at radius 2 is 1.66 bits per heavy atom. The molecule has 9 heteroatoms. The molecule has 0 aliphatic rings. The van der Waals surface area contributed by atoms with Gasteiger partial charge in [0.1, 0.15) is 6.04 Å². The number of nitrogens with zero attached hydrogens (tertiary/aromatic N) is 2. The summed E-state index contributed by atoms with van der Waals surface area (Å²) in [5, 5.41) is 14.2. The van der Waals surface area contributed by atoms with Crippen molar-refractivity contribution in [1.29, 1.82) is 0 Å². The first-order valence-electron chi connectivity index (χ1n) is 10.4. The molecule has 174 valence electrons. The lowest BCUT2D eigenvalue weighted by molar-refractivity contribution is -0.384. The van der Waals surface area contributed by atoms with Gasteiger partial charge in [0.2, 0.25) is 15.9 Å². The van der Waals surface area contributed by atoms with Crippen LogP contribution in [0.15, 0.2) is 30.3 Å². The molecule has 8 nitrogen and oxygen atoms in total. The Morgan fingerprint density at radius 1 is 1.06 bits per heavy atom. The summed E-state index contributed by atoms with van der Waals surface area (Å²) < 4.78 is 26.5. The Bertz CT molecular complexity index is 1140. The van der Waals surface area contributed by atoms with Crippen molar-refractivity contribution in [3.05, 3.63) is 68.3 Å². The van der Waals surface area contributed by atoms with Gasteiger partial charge >= 0.3 is 0 Å². The number of amides is 1. The number of sulfonamides is 1. The number of nitrogens with one attached hydrogen (secondary N) is 1. The molecular formula is C23H31N3O5S. The highest BCUT2D eigenvalue weighted by atomic mass is 32.2. The Morgan fingerprint density at radius 3 is 2.19 bits per heavy atom. The number of hydrogen-bond donors (Lipinski definition) is 1. The van der Waals surface area contributed by atoms with Crippen LogP contribution in [0, 0.1) is 37.8 Å². The molecule has 0 aromatic heterocycles. The van der Waals surface area contributed by atoms with Gasteiger partial charge in [-0.25, -0.2) is 8.42 Å². The average Bonchev–Trinajstić information content (AvgIpc) is 2.68. The lowest BCUT2D eigenvalue weighted by atomic mass is 9.96. The van der Waals surface area contributed by atoms with Gasteiger partial charge in [0.05, 0.1) is 22.9 Å². The van der Waals surface area contributed by atoms with Crippen LogP contribution in [0.4, 0.5) is 11.4 Å². The number of rotatable bonds is 8. The van der Waals surface area contributed by atoms with Gasteiger partial charge in [-0.2, -0.15) is 0 Å². The van der Waals surface area contributed by atoms with Crippen LogP contribution in [-0.2, 0) is 14.8 Å². The smallest absolute Gasteiger partial charge is 0.271 e. The van der Waals surface area contributed by atoms with Crippen molar-refractivity contribution in [2.75, 3.05) is 10.6 Å². The molecule has 0 radical (unpaired) electrons. The van der Waals surface area contributed by atoms with Gasteiger partial charge in [-0.15, -0.1) is 0 Å². The van der Waals surface area contributed by atoms with Gasteiger partial charge in [0, 0.05) is 12.1 Å². The highest BCUT2D eigenvalue weighted by molar-refractivity contribution is 7.92. The van der Waals surface area contributed by atoms with E-state index in [-0.39, 0.29) is 23.8 Å². The van der Waals surface area contributed by atoms with E-state index in [4.69, 9.17) is 0 Å². The largest absolute Gasteiger partial charge is 0.348 e. The van der Waals surface area contributed by atoms with E-state index in [1.165, 1.54) is 18.2 Å². The Hall–Kier alpha value is -2.94. The zero-order valence-electron chi connectivity index (χ0n) is 19.6. The second kappa shape index (κ2) is 9.68. The Labute approximate surface area is 189 Å². The lowest BCUT2D eigenvalue weighted by Gasteiger charge is -2.32. The summed E-state index contributed by atoms with van der Waals surface area (Å²) in [6.45, 7) is 11.2. The second-order valence-electron chi connectivity index (χ2n) is 8.23. The van der Waals surface area contributed by atoms with Crippen molar-refractivity contribution in [3.8, 4) is 0 Å². The van der Waals surface area contributed by atoms with E-state index in [0.29, 0.717) is 5.56 Å². The van der Waals surface area contributed by atoms with Crippen LogP contribution < -0.4 is 9.62 Å². The third-order valence-corrected chi connectivity index (χ3v) is 6.84. The molecule has 2 atom stereocenters. The molecule has 2 aromatic carbocycles. The molecule has 0 spiro atoms. The summed E-state index contributed by atoms with van der Waals surface area (Å²) in [6.07, 6.45) is 1.19. The first-order valence-corrected chi connectivity index (χ1v) is 12.2. The zero-order chi connectivity index (χ0) is 24.4. The van der Waals surface area contributed by atoms with Crippen LogP contribution in [0.2, 0.25) is 0 Å². The molecule has 0 fully saturated rings. The van der Waals surface area contributed by atoms with E-state index in [0.717, 1.165) is 32.8 Å². The number of non-ortho nitro benzene ring substituents is 1. The predicted octanol–water partition coefficient (Wildman–Crippen LogP) is 4.25. The quantitative estimate of drug-likeness (QED) is 0.467. The Kier molecular flexibility index (Phi) is 7.66. The molecule has 0 unspecified atom stereocenters. The van der Waals surface area contributed by atoms with Gasteiger partial charge in [-0.3, -0.25) is 19.2 Å². The van der Waals surface area contributed by atoms with Gasteiger partial charge in [-0.1, -0.05) is 25.1 Å². The van der Waals surface area contributed by atoms with Gasteiger partial charge in [-0.05, 0) is 68.9 Å². The summed E-state index contributed by atoms with van der Waals surface area (Å²) in [4.78, 5) is 23.9. The number of nitro groups is 1. The highest BCUT2D eigenvalue weighted by Crippen LogP contribution is 2.30. The number of benzene rings is 2. The van der Waals surface area contributed by atoms with Crippen molar-refractivity contribution < 1.29 is 18.1 Å². The van der Waals surface area contributed by atoms with E-state index in [2.05, 4.69) is 11.4 Å². The second-order valence-corrected chi connectivity index (χ2v) is 10.1. The maximum atomic E-state index is 13.3. The Balaban J connectivity index is 2.47. The minimum absolute atomic E-state index is 0.124. The summed E-state index contributed by atoms with van der Waals surface area (Å²) >= 11 is 0. The lowest BCUT2D eigenvalue weighted by Crippen LogP contribution is -2.50. The standard InChI is InChI=1S/C23H31N3O5S/c1-8-21(23(27)24-18(6)20-12-16(4)15(3)11-17(20)5)25(32(7,30)31)22-13-19(26(28)29)10-9-14(22)2/h9-13,18,21H,8H2,1-7H3,(H,24,27)/t18-,21-/m1/s1. The molecule has 0 aliphatic heterocycles. The van der Waals surface area contributed by atoms with Gasteiger partial charge in [0.25, 0.3) is 5.69 Å². The monoisotopic (exact) mass is 461 g/mol. The third-order valence-electron chi connectivity index (χ3n) is 5.68. The van der Waals surface area contributed by atoms with E-state index in [1.54, 1.807) is 13.8 Å². The number of carbonyl (C=O) groups is 1. The molecule has 1 amide bonds. The number of carbonyl (C=O) groups excluding carboxylic acids is 1. The van der Waals surface area contributed by atoms with Crippen molar-refractivity contribution in [2.24, 2.45) is 0 Å². The van der Waals surface area contributed by atoms with E-state index < -0.39 is 26.9 Å². The number of hydrogen-bond acceptors (Lipinski definition) is 5. The van der Waals surface area contributed by atoms with Crippen LogP contribution in [0.25, 0.3) is 0 Å². The van der Waals surface area contributed by atoms with Crippen LogP contribution in [0.5, 0.6) is 0 Å². The highest BCUT2D eigenvalue weighted by Gasteiger charge is 2.34. The summed E-state index contributed by atoms with van der Waals surface area (Å²) in [7, 11) is -3.91. The molecule has 0 bridgehead atoms.